The van der Waals surface area contributed by atoms with E-state index in [1.165, 1.54) is 0 Å². The van der Waals surface area contributed by atoms with Crippen molar-refractivity contribution in [3.05, 3.63) is 36.2 Å². The molecular weight excluding hydrogens is 320 g/mol. The number of aliphatic hydroxyl groups excluding tert-OH is 1. The largest absolute Gasteiger partial charge is 0.486 e. The first-order chi connectivity index (χ1) is 12.3. The first-order valence-corrected chi connectivity index (χ1v) is 8.65. The molecule has 0 amide bonds. The van der Waals surface area contributed by atoms with Crippen LogP contribution >= 0.6 is 0 Å². The van der Waals surface area contributed by atoms with Crippen molar-refractivity contribution >= 4 is 11.6 Å². The third-order valence-corrected chi connectivity index (χ3v) is 4.62. The zero-order valence-corrected chi connectivity index (χ0v) is 14.0. The summed E-state index contributed by atoms with van der Waals surface area (Å²) in [5, 5.41) is 12.8. The van der Waals surface area contributed by atoms with Gasteiger partial charge >= 0.3 is 0 Å². The molecule has 2 N–H and O–H groups in total. The fraction of sp³-hybridized carbons (Fsp3) is 0.444. The predicted octanol–water partition coefficient (Wildman–Crippen LogP) is 1.82. The predicted molar refractivity (Wildman–Crippen MR) is 94.2 cm³/mol. The molecule has 0 saturated carbocycles. The molecule has 2 aliphatic rings. The number of nitrogens with zero attached hydrogens (tertiary/aromatic N) is 3. The van der Waals surface area contributed by atoms with Gasteiger partial charge in [-0.2, -0.15) is 0 Å². The van der Waals surface area contributed by atoms with Crippen LogP contribution in [0.4, 0.5) is 11.6 Å². The van der Waals surface area contributed by atoms with Crippen LogP contribution < -0.4 is 19.7 Å². The molecule has 1 fully saturated rings. The van der Waals surface area contributed by atoms with E-state index in [-0.39, 0.29) is 12.6 Å². The minimum atomic E-state index is 0.153. The van der Waals surface area contributed by atoms with E-state index in [9.17, 15) is 5.11 Å². The number of fused-ring (bicyclic) bond motifs is 1. The lowest BCUT2D eigenvalue weighted by molar-refractivity contribution is 0.171. The van der Waals surface area contributed by atoms with Crippen LogP contribution in [-0.4, -0.2) is 47.5 Å². The number of anilines is 2. The lowest BCUT2D eigenvalue weighted by atomic mass is 10.2. The molecule has 2 aliphatic heterocycles. The Morgan fingerprint density at radius 3 is 2.92 bits per heavy atom. The van der Waals surface area contributed by atoms with Gasteiger partial charge in [0.25, 0.3) is 0 Å². The van der Waals surface area contributed by atoms with Gasteiger partial charge in [-0.15, -0.1) is 0 Å². The molecule has 1 aromatic heterocycles. The van der Waals surface area contributed by atoms with Gasteiger partial charge < -0.3 is 24.8 Å². The summed E-state index contributed by atoms with van der Waals surface area (Å²) in [6.07, 6.45) is 3.64. The fourth-order valence-corrected chi connectivity index (χ4v) is 3.32. The number of nitrogens with one attached hydrogen (secondary N) is 1. The summed E-state index contributed by atoms with van der Waals surface area (Å²) >= 11 is 0. The van der Waals surface area contributed by atoms with Crippen LogP contribution in [0.5, 0.6) is 11.5 Å². The Kier molecular flexibility index (Phi) is 4.56. The maximum Gasteiger partial charge on any atom is 0.161 e. The smallest absolute Gasteiger partial charge is 0.161 e. The molecule has 1 saturated heterocycles. The third kappa shape index (κ3) is 3.46. The topological polar surface area (TPSA) is 79.7 Å². The average molecular weight is 342 g/mol. The van der Waals surface area contributed by atoms with Gasteiger partial charge in [0.1, 0.15) is 31.2 Å². The number of hydrogen-bond donors (Lipinski definition) is 2. The molecule has 0 bridgehead atoms. The molecule has 0 aliphatic carbocycles. The number of rotatable bonds is 5. The van der Waals surface area contributed by atoms with Crippen molar-refractivity contribution in [2.75, 3.05) is 36.6 Å². The molecule has 1 aromatic carbocycles. The van der Waals surface area contributed by atoms with Crippen LogP contribution in [0.3, 0.4) is 0 Å². The van der Waals surface area contributed by atoms with Gasteiger partial charge in [0.15, 0.2) is 11.5 Å². The second kappa shape index (κ2) is 7.14. The molecule has 132 valence electrons. The number of hydrogen-bond acceptors (Lipinski definition) is 7. The van der Waals surface area contributed by atoms with Crippen LogP contribution in [0.1, 0.15) is 18.4 Å². The van der Waals surface area contributed by atoms with Gasteiger partial charge in [-0.25, -0.2) is 9.97 Å². The fourth-order valence-electron chi connectivity index (χ4n) is 3.32. The zero-order chi connectivity index (χ0) is 17.1. The summed E-state index contributed by atoms with van der Waals surface area (Å²) in [5.74, 6) is 3.21. The van der Waals surface area contributed by atoms with Crippen molar-refractivity contribution in [1.29, 1.82) is 0 Å². The second-order valence-electron chi connectivity index (χ2n) is 6.27. The maximum absolute atomic E-state index is 9.49. The normalized spacial score (nSPS) is 19.1. The van der Waals surface area contributed by atoms with E-state index in [4.69, 9.17) is 9.47 Å². The van der Waals surface area contributed by atoms with Crippen molar-refractivity contribution in [2.45, 2.75) is 25.4 Å². The highest BCUT2D eigenvalue weighted by atomic mass is 16.6. The maximum atomic E-state index is 9.49. The molecule has 0 radical (unpaired) electrons. The molecule has 0 spiro atoms. The Hall–Kier alpha value is -2.54. The minimum absolute atomic E-state index is 0.153. The highest BCUT2D eigenvalue weighted by molar-refractivity contribution is 5.51. The van der Waals surface area contributed by atoms with Crippen molar-refractivity contribution in [2.24, 2.45) is 0 Å². The highest BCUT2D eigenvalue weighted by Gasteiger charge is 2.25. The van der Waals surface area contributed by atoms with E-state index in [0.29, 0.717) is 19.8 Å². The lowest BCUT2D eigenvalue weighted by Gasteiger charge is -2.24. The van der Waals surface area contributed by atoms with E-state index < -0.39 is 0 Å². The van der Waals surface area contributed by atoms with Crippen LogP contribution in [0.2, 0.25) is 0 Å². The molecule has 7 nitrogen and oxygen atoms in total. The van der Waals surface area contributed by atoms with Crippen LogP contribution in [0, 0.1) is 0 Å². The summed E-state index contributed by atoms with van der Waals surface area (Å²) in [6.45, 7) is 2.89. The third-order valence-electron chi connectivity index (χ3n) is 4.62. The molecular formula is C18H22N4O3. The Morgan fingerprint density at radius 2 is 2.04 bits per heavy atom. The van der Waals surface area contributed by atoms with Crippen molar-refractivity contribution in [3.8, 4) is 11.5 Å². The molecule has 1 unspecified atom stereocenters. The van der Waals surface area contributed by atoms with E-state index in [2.05, 4.69) is 20.2 Å². The molecule has 3 heterocycles. The van der Waals surface area contributed by atoms with Crippen molar-refractivity contribution in [3.63, 3.8) is 0 Å². The number of aliphatic hydroxyl groups is 1. The van der Waals surface area contributed by atoms with Gasteiger partial charge in [0.05, 0.1) is 12.6 Å². The number of ether oxygens (including phenoxy) is 2. The van der Waals surface area contributed by atoms with Gasteiger partial charge in [0.2, 0.25) is 0 Å². The molecule has 1 atom stereocenters. The SMILES string of the molecule is OCC1CCCN1c1cc(NCc2ccc3c(c2)OCCO3)ncn1. The first kappa shape index (κ1) is 16.0. The standard InChI is InChI=1S/C18H22N4O3/c23-11-14-2-1-5-22(14)18-9-17(20-12-21-18)19-10-13-3-4-15-16(8-13)25-7-6-24-15/h3-4,8-9,12,14,23H,1-2,5-7,10-11H2,(H,19,20,21). The van der Waals surface area contributed by atoms with E-state index in [0.717, 1.165) is 48.1 Å². The van der Waals surface area contributed by atoms with Crippen LogP contribution in [0.25, 0.3) is 0 Å². The van der Waals surface area contributed by atoms with Crippen LogP contribution in [-0.2, 0) is 6.54 Å². The van der Waals surface area contributed by atoms with E-state index in [1.807, 2.05) is 24.3 Å². The van der Waals surface area contributed by atoms with Gasteiger partial charge in [-0.3, -0.25) is 0 Å². The molecule has 7 heteroatoms. The Labute approximate surface area is 146 Å². The van der Waals surface area contributed by atoms with Crippen molar-refractivity contribution < 1.29 is 14.6 Å². The Balaban J connectivity index is 1.44. The van der Waals surface area contributed by atoms with E-state index >= 15 is 0 Å². The Bertz CT molecular complexity index is 740. The Morgan fingerprint density at radius 1 is 1.16 bits per heavy atom. The molecule has 4 rings (SSSR count). The van der Waals surface area contributed by atoms with Crippen molar-refractivity contribution in [1.82, 2.24) is 9.97 Å². The summed E-state index contributed by atoms with van der Waals surface area (Å²) in [7, 11) is 0. The van der Waals surface area contributed by atoms with Crippen LogP contribution in [0.15, 0.2) is 30.6 Å². The summed E-state index contributed by atoms with van der Waals surface area (Å²) in [5.41, 5.74) is 1.10. The highest BCUT2D eigenvalue weighted by Crippen LogP contribution is 2.31. The molecule has 2 aromatic rings. The van der Waals surface area contributed by atoms with E-state index in [1.54, 1.807) is 6.33 Å². The number of benzene rings is 1. The quantitative estimate of drug-likeness (QED) is 0.858. The summed E-state index contributed by atoms with van der Waals surface area (Å²) in [4.78, 5) is 10.8. The summed E-state index contributed by atoms with van der Waals surface area (Å²) < 4.78 is 11.2. The summed E-state index contributed by atoms with van der Waals surface area (Å²) in [6, 6.07) is 8.04. The lowest BCUT2D eigenvalue weighted by Crippen LogP contribution is -2.32. The second-order valence-corrected chi connectivity index (χ2v) is 6.27. The molecule has 25 heavy (non-hydrogen) atoms. The monoisotopic (exact) mass is 342 g/mol. The van der Waals surface area contributed by atoms with Gasteiger partial charge in [-0.1, -0.05) is 6.07 Å². The first-order valence-electron chi connectivity index (χ1n) is 8.65. The number of aromatic nitrogens is 2. The average Bonchev–Trinajstić information content (AvgIpc) is 3.15. The minimum Gasteiger partial charge on any atom is -0.486 e. The van der Waals surface area contributed by atoms with Gasteiger partial charge in [-0.05, 0) is 30.5 Å². The van der Waals surface area contributed by atoms with Gasteiger partial charge in [0, 0.05) is 19.2 Å². The zero-order valence-electron chi connectivity index (χ0n) is 14.0.